The van der Waals surface area contributed by atoms with Gasteiger partial charge in [0.2, 0.25) is 5.95 Å². The Labute approximate surface area is 153 Å². The summed E-state index contributed by atoms with van der Waals surface area (Å²) in [6, 6.07) is 15.9. The van der Waals surface area contributed by atoms with Crippen LogP contribution in [0.2, 0.25) is 0 Å². The van der Waals surface area contributed by atoms with Crippen LogP contribution >= 0.6 is 0 Å². The van der Waals surface area contributed by atoms with Crippen molar-refractivity contribution in [2.75, 3.05) is 23.8 Å². The summed E-state index contributed by atoms with van der Waals surface area (Å²) < 4.78 is 0. The molecule has 3 rings (SSSR count). The first kappa shape index (κ1) is 17.8. The zero-order chi connectivity index (χ0) is 18.2. The summed E-state index contributed by atoms with van der Waals surface area (Å²) in [6.45, 7) is 2.66. The summed E-state index contributed by atoms with van der Waals surface area (Å²) in [6.07, 6.45) is 4.41. The second kappa shape index (κ2) is 8.92. The van der Waals surface area contributed by atoms with Gasteiger partial charge in [-0.1, -0.05) is 30.3 Å². The van der Waals surface area contributed by atoms with E-state index in [1.165, 1.54) is 5.56 Å². The van der Waals surface area contributed by atoms with Crippen LogP contribution in [0.3, 0.4) is 0 Å². The first-order chi connectivity index (χ1) is 12.7. The molecule has 2 heterocycles. The fourth-order valence-electron chi connectivity index (χ4n) is 2.51. The van der Waals surface area contributed by atoms with Crippen LogP contribution in [0, 0.1) is 0 Å². The molecule has 0 radical (unpaired) electrons. The minimum atomic E-state index is -0.128. The number of nitrogens with one attached hydrogen (secondary N) is 2. The van der Waals surface area contributed by atoms with Crippen LogP contribution in [0.1, 0.15) is 12.5 Å². The Kier molecular flexibility index (Phi) is 6.11. The van der Waals surface area contributed by atoms with Gasteiger partial charge < -0.3 is 15.7 Å². The van der Waals surface area contributed by atoms with Crippen LogP contribution in [-0.4, -0.2) is 39.3 Å². The fraction of sp³-hybridized carbons (Fsp3) is 0.250. The molecule has 1 aromatic carbocycles. The third-order valence-corrected chi connectivity index (χ3v) is 3.90. The normalized spacial score (nSPS) is 11.8. The maximum atomic E-state index is 9.28. The average Bonchev–Trinajstić information content (AvgIpc) is 2.69. The quantitative estimate of drug-likeness (QED) is 0.580. The fourth-order valence-corrected chi connectivity index (χ4v) is 2.51. The van der Waals surface area contributed by atoms with Gasteiger partial charge in [-0.25, -0.2) is 4.98 Å². The maximum absolute atomic E-state index is 9.28. The van der Waals surface area contributed by atoms with Gasteiger partial charge >= 0.3 is 0 Å². The number of rotatable bonds is 8. The van der Waals surface area contributed by atoms with Crippen molar-refractivity contribution in [2.24, 2.45) is 0 Å². The summed E-state index contributed by atoms with van der Waals surface area (Å²) in [5, 5.41) is 15.8. The van der Waals surface area contributed by atoms with E-state index in [4.69, 9.17) is 0 Å². The van der Waals surface area contributed by atoms with Crippen LogP contribution in [0.5, 0.6) is 0 Å². The highest BCUT2D eigenvalue weighted by Crippen LogP contribution is 2.21. The van der Waals surface area contributed by atoms with Crippen molar-refractivity contribution in [3.05, 3.63) is 66.5 Å². The average molecular weight is 349 g/mol. The number of anilines is 2. The Bertz CT molecular complexity index is 811. The Morgan fingerprint density at radius 2 is 1.92 bits per heavy atom. The van der Waals surface area contributed by atoms with E-state index in [2.05, 4.69) is 37.7 Å². The molecule has 6 nitrogen and oxygen atoms in total. The van der Waals surface area contributed by atoms with Crippen molar-refractivity contribution >= 4 is 11.8 Å². The molecule has 0 fully saturated rings. The molecule has 3 aromatic rings. The smallest absolute Gasteiger partial charge is 0.225 e. The largest absolute Gasteiger partial charge is 0.394 e. The van der Waals surface area contributed by atoms with E-state index in [0.29, 0.717) is 5.95 Å². The van der Waals surface area contributed by atoms with Gasteiger partial charge in [0.15, 0.2) is 0 Å². The summed E-state index contributed by atoms with van der Waals surface area (Å²) in [4.78, 5) is 13.2. The molecule has 0 saturated carbocycles. The zero-order valence-corrected chi connectivity index (χ0v) is 14.8. The van der Waals surface area contributed by atoms with E-state index in [0.717, 1.165) is 30.0 Å². The third kappa shape index (κ3) is 5.00. The van der Waals surface area contributed by atoms with Crippen molar-refractivity contribution in [1.82, 2.24) is 15.0 Å². The molecule has 0 aliphatic rings. The van der Waals surface area contributed by atoms with Crippen LogP contribution in [0.15, 0.2) is 60.9 Å². The highest BCUT2D eigenvalue weighted by molar-refractivity contribution is 5.63. The lowest BCUT2D eigenvalue weighted by atomic mass is 10.1. The topological polar surface area (TPSA) is 83.0 Å². The molecule has 0 aliphatic heterocycles. The summed E-state index contributed by atoms with van der Waals surface area (Å²) in [7, 11) is 0. The van der Waals surface area contributed by atoms with E-state index in [-0.39, 0.29) is 12.6 Å². The molecule has 0 saturated heterocycles. The van der Waals surface area contributed by atoms with Crippen molar-refractivity contribution in [1.29, 1.82) is 0 Å². The van der Waals surface area contributed by atoms with Crippen molar-refractivity contribution in [2.45, 2.75) is 19.4 Å². The Morgan fingerprint density at radius 3 is 2.65 bits per heavy atom. The van der Waals surface area contributed by atoms with Gasteiger partial charge in [-0.15, -0.1) is 0 Å². The molecule has 0 amide bonds. The van der Waals surface area contributed by atoms with Crippen LogP contribution in [0.25, 0.3) is 11.3 Å². The van der Waals surface area contributed by atoms with Gasteiger partial charge in [-0.2, -0.15) is 4.98 Å². The molecule has 2 aromatic heterocycles. The maximum Gasteiger partial charge on any atom is 0.225 e. The monoisotopic (exact) mass is 349 g/mol. The number of benzene rings is 1. The number of aromatic nitrogens is 3. The van der Waals surface area contributed by atoms with E-state index < -0.39 is 0 Å². The van der Waals surface area contributed by atoms with Crippen LogP contribution in [0.4, 0.5) is 11.8 Å². The minimum Gasteiger partial charge on any atom is -0.394 e. The lowest BCUT2D eigenvalue weighted by molar-refractivity contribution is 0.281. The first-order valence-electron chi connectivity index (χ1n) is 8.69. The van der Waals surface area contributed by atoms with Crippen molar-refractivity contribution < 1.29 is 5.11 Å². The number of nitrogens with zero attached hydrogens (tertiary/aromatic N) is 3. The summed E-state index contributed by atoms with van der Waals surface area (Å²) in [5.74, 6) is 1.22. The van der Waals surface area contributed by atoms with E-state index >= 15 is 0 Å². The standard InChI is InChI=1S/C20H23N5O/c1-15(14-26)23-20-24-18(17-8-5-10-21-13-17)12-19(25-20)22-11-9-16-6-3-2-4-7-16/h2-8,10,12-13,15,26H,9,11,14H2,1H3,(H2,22,23,24,25)/t15-/m1/s1. The summed E-state index contributed by atoms with van der Waals surface area (Å²) >= 11 is 0. The zero-order valence-electron chi connectivity index (χ0n) is 14.8. The molecular weight excluding hydrogens is 326 g/mol. The highest BCUT2D eigenvalue weighted by atomic mass is 16.3. The second-order valence-electron chi connectivity index (χ2n) is 6.09. The molecule has 134 valence electrons. The Hall–Kier alpha value is -2.99. The van der Waals surface area contributed by atoms with Gasteiger partial charge in [0, 0.05) is 36.6 Å². The predicted octanol–water partition coefficient (Wildman–Crippen LogP) is 2.99. The molecule has 0 aliphatic carbocycles. The van der Waals surface area contributed by atoms with Gasteiger partial charge in [0.1, 0.15) is 5.82 Å². The first-order valence-corrected chi connectivity index (χ1v) is 8.69. The molecule has 0 unspecified atom stereocenters. The Balaban J connectivity index is 1.77. The second-order valence-corrected chi connectivity index (χ2v) is 6.09. The number of aliphatic hydroxyl groups is 1. The summed E-state index contributed by atoms with van der Waals surface area (Å²) in [5.41, 5.74) is 2.97. The molecule has 3 N–H and O–H groups in total. The predicted molar refractivity (Wildman–Crippen MR) is 104 cm³/mol. The molecule has 0 spiro atoms. The molecule has 26 heavy (non-hydrogen) atoms. The van der Waals surface area contributed by atoms with Gasteiger partial charge in [-0.05, 0) is 31.0 Å². The van der Waals surface area contributed by atoms with Crippen molar-refractivity contribution in [3.8, 4) is 11.3 Å². The van der Waals surface area contributed by atoms with E-state index in [1.54, 1.807) is 12.4 Å². The third-order valence-electron chi connectivity index (χ3n) is 3.90. The number of pyridine rings is 1. The lowest BCUT2D eigenvalue weighted by Crippen LogP contribution is -2.21. The van der Waals surface area contributed by atoms with Crippen molar-refractivity contribution in [3.63, 3.8) is 0 Å². The van der Waals surface area contributed by atoms with E-state index in [9.17, 15) is 5.11 Å². The molecule has 1 atom stereocenters. The SMILES string of the molecule is C[C@H](CO)Nc1nc(NCCc2ccccc2)cc(-c2cccnc2)n1. The Morgan fingerprint density at radius 1 is 1.08 bits per heavy atom. The van der Waals surface area contributed by atoms with Crippen LogP contribution in [-0.2, 0) is 6.42 Å². The minimum absolute atomic E-state index is 0.0112. The van der Waals surface area contributed by atoms with Crippen LogP contribution < -0.4 is 10.6 Å². The molecule has 6 heteroatoms. The van der Waals surface area contributed by atoms with Gasteiger partial charge in [0.05, 0.1) is 12.3 Å². The van der Waals surface area contributed by atoms with Gasteiger partial charge in [0.25, 0.3) is 0 Å². The number of hydrogen-bond donors (Lipinski definition) is 3. The molecular formula is C20H23N5O. The highest BCUT2D eigenvalue weighted by Gasteiger charge is 2.09. The lowest BCUT2D eigenvalue weighted by Gasteiger charge is -2.14. The number of aliphatic hydroxyl groups excluding tert-OH is 1. The van der Waals surface area contributed by atoms with Gasteiger partial charge in [-0.3, -0.25) is 4.98 Å². The number of hydrogen-bond acceptors (Lipinski definition) is 6. The van der Waals surface area contributed by atoms with E-state index in [1.807, 2.05) is 43.3 Å². The molecule has 0 bridgehead atoms.